The Kier molecular flexibility index (Phi) is 5.09. The number of hydrogen-bond donors (Lipinski definition) is 1. The fourth-order valence-corrected chi connectivity index (χ4v) is 2.43. The van der Waals surface area contributed by atoms with Crippen LogP contribution in [0.5, 0.6) is 0 Å². The van der Waals surface area contributed by atoms with E-state index in [2.05, 4.69) is 25.4 Å². The van der Waals surface area contributed by atoms with E-state index in [0.717, 1.165) is 11.6 Å². The van der Waals surface area contributed by atoms with Gasteiger partial charge in [-0.25, -0.2) is 4.79 Å². The summed E-state index contributed by atoms with van der Waals surface area (Å²) in [6, 6.07) is 3.70. The molecule has 1 amide bonds. The van der Waals surface area contributed by atoms with Gasteiger partial charge in [0.15, 0.2) is 5.82 Å². The third-order valence-electron chi connectivity index (χ3n) is 3.68. The van der Waals surface area contributed by atoms with Gasteiger partial charge in [0.1, 0.15) is 5.76 Å². The molecule has 0 aromatic carbocycles. The van der Waals surface area contributed by atoms with E-state index in [-0.39, 0.29) is 6.09 Å². The minimum atomic E-state index is -0.265. The Morgan fingerprint density at radius 3 is 2.92 bits per heavy atom. The first-order valence-corrected chi connectivity index (χ1v) is 7.89. The van der Waals surface area contributed by atoms with Crippen LogP contribution < -0.4 is 10.2 Å². The molecule has 1 N–H and O–H groups in total. The van der Waals surface area contributed by atoms with Gasteiger partial charge in [0.25, 0.3) is 0 Å². The molecule has 1 aliphatic rings. The summed E-state index contributed by atoms with van der Waals surface area (Å²) < 4.78 is 10.3. The highest BCUT2D eigenvalue weighted by Gasteiger charge is 2.23. The lowest BCUT2D eigenvalue weighted by molar-refractivity contribution is 0.105. The lowest BCUT2D eigenvalue weighted by Crippen LogP contribution is -2.49. The van der Waals surface area contributed by atoms with E-state index >= 15 is 0 Å². The van der Waals surface area contributed by atoms with Crippen LogP contribution in [0.15, 0.2) is 29.0 Å². The van der Waals surface area contributed by atoms with Gasteiger partial charge in [0.2, 0.25) is 5.95 Å². The number of amides is 1. The average Bonchev–Trinajstić information content (AvgIpc) is 3.14. The second-order valence-electron chi connectivity index (χ2n) is 5.24. The Hall–Kier alpha value is -2.84. The Labute approximate surface area is 139 Å². The number of nitrogens with one attached hydrogen (secondary N) is 1. The van der Waals surface area contributed by atoms with Gasteiger partial charge in [-0.15, -0.1) is 5.10 Å². The lowest BCUT2D eigenvalue weighted by Gasteiger charge is -2.34. The summed E-state index contributed by atoms with van der Waals surface area (Å²) in [5, 5.41) is 11.0. The molecule has 3 heterocycles. The van der Waals surface area contributed by atoms with Gasteiger partial charge in [-0.2, -0.15) is 10.1 Å². The number of anilines is 2. The molecule has 1 aliphatic heterocycles. The van der Waals surface area contributed by atoms with Crippen molar-refractivity contribution in [2.45, 2.75) is 13.5 Å². The topological polar surface area (TPSA) is 96.6 Å². The summed E-state index contributed by atoms with van der Waals surface area (Å²) >= 11 is 0. The summed E-state index contributed by atoms with van der Waals surface area (Å²) in [6.07, 6.45) is 2.98. The summed E-state index contributed by atoms with van der Waals surface area (Å²) in [5.74, 6) is 1.97. The standard InChI is InChI=1S/C15H20N6O3/c1-2-23-15(22)21-7-5-20(6-8-21)13-11-17-19-14(18-13)16-10-12-4-3-9-24-12/h3-4,9,11H,2,5-8,10H2,1H3,(H,16,18,19). The molecule has 128 valence electrons. The van der Waals surface area contributed by atoms with E-state index in [0.29, 0.717) is 45.3 Å². The zero-order valence-electron chi connectivity index (χ0n) is 13.5. The molecular weight excluding hydrogens is 312 g/mol. The molecular formula is C15H20N6O3. The zero-order chi connectivity index (χ0) is 16.8. The molecule has 24 heavy (non-hydrogen) atoms. The molecule has 1 saturated heterocycles. The van der Waals surface area contributed by atoms with Crippen LogP contribution in [0.4, 0.5) is 16.6 Å². The van der Waals surface area contributed by atoms with Crippen LogP contribution in [0.1, 0.15) is 12.7 Å². The third-order valence-corrected chi connectivity index (χ3v) is 3.68. The number of rotatable bonds is 5. The highest BCUT2D eigenvalue weighted by molar-refractivity contribution is 5.68. The molecule has 0 saturated carbocycles. The molecule has 2 aromatic rings. The summed E-state index contributed by atoms with van der Waals surface area (Å²) in [6.45, 7) is 5.23. The molecule has 0 aliphatic carbocycles. The fourth-order valence-electron chi connectivity index (χ4n) is 2.43. The van der Waals surface area contributed by atoms with Crippen molar-refractivity contribution < 1.29 is 13.9 Å². The molecule has 0 unspecified atom stereocenters. The van der Waals surface area contributed by atoms with E-state index in [1.54, 1.807) is 24.3 Å². The van der Waals surface area contributed by atoms with Gasteiger partial charge in [0.05, 0.1) is 25.6 Å². The first-order chi connectivity index (χ1) is 11.8. The van der Waals surface area contributed by atoms with Crippen LogP contribution in [0.3, 0.4) is 0 Å². The number of carbonyl (C=O) groups excluding carboxylic acids is 1. The highest BCUT2D eigenvalue weighted by Crippen LogP contribution is 2.14. The van der Waals surface area contributed by atoms with Gasteiger partial charge >= 0.3 is 6.09 Å². The fraction of sp³-hybridized carbons (Fsp3) is 0.467. The number of nitrogens with zero attached hydrogens (tertiary/aromatic N) is 5. The van der Waals surface area contributed by atoms with Gasteiger partial charge in [0, 0.05) is 26.2 Å². The molecule has 9 nitrogen and oxygen atoms in total. The van der Waals surface area contributed by atoms with E-state index in [9.17, 15) is 4.79 Å². The van der Waals surface area contributed by atoms with Crippen molar-refractivity contribution in [3.8, 4) is 0 Å². The molecule has 0 radical (unpaired) electrons. The summed E-state index contributed by atoms with van der Waals surface area (Å²) in [4.78, 5) is 20.0. The predicted octanol–water partition coefficient (Wildman–Crippen LogP) is 1.36. The summed E-state index contributed by atoms with van der Waals surface area (Å²) in [7, 11) is 0. The SMILES string of the molecule is CCOC(=O)N1CCN(c2cnnc(NCc3ccco3)n2)CC1. The maximum atomic E-state index is 11.7. The quantitative estimate of drug-likeness (QED) is 0.876. The second kappa shape index (κ2) is 7.62. The van der Waals surface area contributed by atoms with Crippen molar-refractivity contribution in [3.63, 3.8) is 0 Å². The first-order valence-electron chi connectivity index (χ1n) is 7.89. The monoisotopic (exact) mass is 332 g/mol. The van der Waals surface area contributed by atoms with Gasteiger partial charge < -0.3 is 24.3 Å². The van der Waals surface area contributed by atoms with Crippen LogP contribution in [0.25, 0.3) is 0 Å². The first kappa shape index (κ1) is 16.0. The van der Waals surface area contributed by atoms with Gasteiger partial charge in [-0.3, -0.25) is 0 Å². The van der Waals surface area contributed by atoms with Gasteiger partial charge in [-0.1, -0.05) is 0 Å². The Balaban J connectivity index is 1.55. The second-order valence-corrected chi connectivity index (χ2v) is 5.24. The number of furan rings is 1. The van der Waals surface area contributed by atoms with Crippen molar-refractivity contribution in [3.05, 3.63) is 30.4 Å². The average molecular weight is 332 g/mol. The van der Waals surface area contributed by atoms with Crippen LogP contribution in [0.2, 0.25) is 0 Å². The van der Waals surface area contributed by atoms with Crippen molar-refractivity contribution >= 4 is 17.9 Å². The normalized spacial score (nSPS) is 14.5. The number of piperazine rings is 1. The van der Waals surface area contributed by atoms with Crippen LogP contribution in [-0.4, -0.2) is 59.0 Å². The molecule has 1 fully saturated rings. The van der Waals surface area contributed by atoms with Crippen molar-refractivity contribution in [2.24, 2.45) is 0 Å². The molecule has 0 bridgehead atoms. The Morgan fingerprint density at radius 2 is 2.21 bits per heavy atom. The third kappa shape index (κ3) is 3.92. The Bertz CT molecular complexity index is 655. The minimum absolute atomic E-state index is 0.265. The number of hydrogen-bond acceptors (Lipinski definition) is 8. The van der Waals surface area contributed by atoms with Crippen molar-refractivity contribution in [1.82, 2.24) is 20.1 Å². The number of aromatic nitrogens is 3. The molecule has 0 spiro atoms. The highest BCUT2D eigenvalue weighted by atomic mass is 16.6. The largest absolute Gasteiger partial charge is 0.467 e. The van der Waals surface area contributed by atoms with E-state index in [1.165, 1.54) is 0 Å². The van der Waals surface area contributed by atoms with Gasteiger partial charge in [-0.05, 0) is 19.1 Å². The Morgan fingerprint density at radius 1 is 1.38 bits per heavy atom. The molecule has 9 heteroatoms. The number of ether oxygens (including phenoxy) is 1. The predicted molar refractivity (Wildman–Crippen MR) is 86.7 cm³/mol. The smallest absolute Gasteiger partial charge is 0.409 e. The number of carbonyl (C=O) groups is 1. The lowest BCUT2D eigenvalue weighted by atomic mass is 10.3. The molecule has 3 rings (SSSR count). The van der Waals surface area contributed by atoms with Crippen LogP contribution >= 0.6 is 0 Å². The van der Waals surface area contributed by atoms with Crippen LogP contribution in [0, 0.1) is 0 Å². The maximum Gasteiger partial charge on any atom is 0.409 e. The maximum absolute atomic E-state index is 11.7. The van der Waals surface area contributed by atoms with Crippen molar-refractivity contribution in [1.29, 1.82) is 0 Å². The molecule has 2 aromatic heterocycles. The van der Waals surface area contributed by atoms with E-state index in [1.807, 2.05) is 12.1 Å². The van der Waals surface area contributed by atoms with E-state index in [4.69, 9.17) is 9.15 Å². The zero-order valence-corrected chi connectivity index (χ0v) is 13.5. The van der Waals surface area contributed by atoms with E-state index < -0.39 is 0 Å². The molecule has 0 atom stereocenters. The van der Waals surface area contributed by atoms with Crippen LogP contribution in [-0.2, 0) is 11.3 Å². The summed E-state index contributed by atoms with van der Waals surface area (Å²) in [5.41, 5.74) is 0. The van der Waals surface area contributed by atoms with Crippen molar-refractivity contribution in [2.75, 3.05) is 43.0 Å². The minimum Gasteiger partial charge on any atom is -0.467 e.